The molecule has 2 aliphatic heterocycles. The molecule has 2 heterocycles. The summed E-state index contributed by atoms with van der Waals surface area (Å²) in [6.45, 7) is 3.16. The quantitative estimate of drug-likeness (QED) is 0.847. The van der Waals surface area contributed by atoms with Crippen LogP contribution in [0.5, 0.6) is 11.5 Å². The first-order chi connectivity index (χ1) is 10.9. The van der Waals surface area contributed by atoms with Crippen LogP contribution in [0.2, 0.25) is 0 Å². The standard InChI is InChI=1S/C15H18BrF3N2O2/c16-11-8-14-13(22-9-23-14)7-10(11)12(1-2-15(17,18)19)21-5-3-20-4-6-21/h7-8,12,20H,1-6,9H2/t12-/m0/s1. The van der Waals surface area contributed by atoms with Crippen LogP contribution < -0.4 is 14.8 Å². The summed E-state index contributed by atoms with van der Waals surface area (Å²) in [6.07, 6.45) is -4.93. The van der Waals surface area contributed by atoms with Gasteiger partial charge in [0.15, 0.2) is 11.5 Å². The molecule has 2 aliphatic rings. The molecule has 0 bridgehead atoms. The molecule has 1 atom stereocenters. The van der Waals surface area contributed by atoms with Gasteiger partial charge in [-0.25, -0.2) is 0 Å². The number of rotatable bonds is 4. The number of piperazine rings is 1. The number of ether oxygens (including phenoxy) is 2. The van der Waals surface area contributed by atoms with E-state index in [9.17, 15) is 13.2 Å². The first kappa shape index (κ1) is 16.9. The van der Waals surface area contributed by atoms with E-state index in [1.807, 2.05) is 0 Å². The summed E-state index contributed by atoms with van der Waals surface area (Å²) >= 11 is 3.48. The molecule has 3 rings (SSSR count). The zero-order valence-corrected chi connectivity index (χ0v) is 14.0. The molecule has 23 heavy (non-hydrogen) atoms. The minimum absolute atomic E-state index is 0.0295. The summed E-state index contributed by atoms with van der Waals surface area (Å²) < 4.78 is 49.7. The van der Waals surface area contributed by atoms with Gasteiger partial charge in [0, 0.05) is 43.1 Å². The van der Waals surface area contributed by atoms with Gasteiger partial charge in [-0.15, -0.1) is 0 Å². The van der Waals surface area contributed by atoms with Crippen molar-refractivity contribution in [2.24, 2.45) is 0 Å². The van der Waals surface area contributed by atoms with Crippen molar-refractivity contribution >= 4 is 15.9 Å². The van der Waals surface area contributed by atoms with E-state index in [4.69, 9.17) is 9.47 Å². The molecule has 128 valence electrons. The molecule has 0 unspecified atom stereocenters. The molecule has 1 aromatic rings. The van der Waals surface area contributed by atoms with E-state index in [0.717, 1.165) is 36.2 Å². The molecule has 0 aromatic heterocycles. The fourth-order valence-electron chi connectivity index (χ4n) is 3.02. The van der Waals surface area contributed by atoms with Crippen LogP contribution in [-0.4, -0.2) is 44.0 Å². The van der Waals surface area contributed by atoms with Crippen molar-refractivity contribution in [1.29, 1.82) is 0 Å². The van der Waals surface area contributed by atoms with E-state index >= 15 is 0 Å². The highest BCUT2D eigenvalue weighted by Gasteiger charge is 2.33. The molecule has 1 fully saturated rings. The SMILES string of the molecule is FC(F)(F)CC[C@@H](c1cc2c(cc1Br)OCO2)N1CCNCC1. The second-order valence-corrected chi connectivity index (χ2v) is 6.54. The Hall–Kier alpha value is -0.990. The number of nitrogens with one attached hydrogen (secondary N) is 1. The lowest BCUT2D eigenvalue weighted by molar-refractivity contribution is -0.138. The number of halogens is 4. The smallest absolute Gasteiger partial charge is 0.389 e. The topological polar surface area (TPSA) is 33.7 Å². The van der Waals surface area contributed by atoms with E-state index in [1.54, 1.807) is 12.1 Å². The minimum atomic E-state index is -4.16. The van der Waals surface area contributed by atoms with Gasteiger partial charge in [0.1, 0.15) is 0 Å². The van der Waals surface area contributed by atoms with Gasteiger partial charge in [0.2, 0.25) is 6.79 Å². The third kappa shape index (κ3) is 4.10. The summed E-state index contributed by atoms with van der Waals surface area (Å²) in [5, 5.41) is 3.23. The van der Waals surface area contributed by atoms with Crippen molar-refractivity contribution in [2.75, 3.05) is 33.0 Å². The third-order valence-corrected chi connectivity index (χ3v) is 4.83. The zero-order valence-electron chi connectivity index (χ0n) is 12.5. The van der Waals surface area contributed by atoms with Gasteiger partial charge in [-0.2, -0.15) is 13.2 Å². The Bertz CT molecular complexity index is 562. The second kappa shape index (κ2) is 6.86. The van der Waals surface area contributed by atoms with E-state index in [0.29, 0.717) is 11.5 Å². The number of hydrogen-bond acceptors (Lipinski definition) is 4. The van der Waals surface area contributed by atoms with Crippen LogP contribution in [0.25, 0.3) is 0 Å². The van der Waals surface area contributed by atoms with E-state index in [-0.39, 0.29) is 19.3 Å². The Kier molecular flexibility index (Phi) is 5.03. The maximum atomic E-state index is 12.7. The minimum Gasteiger partial charge on any atom is -0.454 e. The van der Waals surface area contributed by atoms with Crippen LogP contribution in [-0.2, 0) is 0 Å². The normalized spacial score (nSPS) is 19.8. The predicted molar refractivity (Wildman–Crippen MR) is 82.7 cm³/mol. The molecule has 4 nitrogen and oxygen atoms in total. The lowest BCUT2D eigenvalue weighted by atomic mass is 9.98. The average Bonchev–Trinajstić information content (AvgIpc) is 2.94. The van der Waals surface area contributed by atoms with E-state index in [1.165, 1.54) is 0 Å². The molecule has 1 aromatic carbocycles. The molecule has 1 saturated heterocycles. The molecular formula is C15H18BrF3N2O2. The summed E-state index contributed by atoms with van der Waals surface area (Å²) in [4.78, 5) is 2.10. The van der Waals surface area contributed by atoms with Crippen molar-refractivity contribution in [2.45, 2.75) is 25.1 Å². The molecule has 0 radical (unpaired) electrons. The first-order valence-electron chi connectivity index (χ1n) is 7.54. The van der Waals surface area contributed by atoms with E-state index in [2.05, 4.69) is 26.1 Å². The third-order valence-electron chi connectivity index (χ3n) is 4.14. The maximum Gasteiger partial charge on any atom is 0.389 e. The molecule has 0 amide bonds. The van der Waals surface area contributed by atoms with Crippen LogP contribution in [0.15, 0.2) is 16.6 Å². The Balaban J connectivity index is 1.87. The second-order valence-electron chi connectivity index (χ2n) is 5.68. The monoisotopic (exact) mass is 394 g/mol. The van der Waals surface area contributed by atoms with Crippen LogP contribution in [0.4, 0.5) is 13.2 Å². The predicted octanol–water partition coefficient (Wildman–Crippen LogP) is 3.47. The Morgan fingerprint density at radius 1 is 1.17 bits per heavy atom. The Morgan fingerprint density at radius 3 is 2.48 bits per heavy atom. The summed E-state index contributed by atoms with van der Waals surface area (Å²) in [5.74, 6) is 1.21. The fourth-order valence-corrected chi connectivity index (χ4v) is 3.60. The molecule has 8 heteroatoms. The van der Waals surface area contributed by atoms with Crippen LogP contribution >= 0.6 is 15.9 Å². The number of benzene rings is 1. The van der Waals surface area contributed by atoms with Crippen LogP contribution in [0.1, 0.15) is 24.4 Å². The molecular weight excluding hydrogens is 377 g/mol. The van der Waals surface area contributed by atoms with Crippen molar-refractivity contribution < 1.29 is 22.6 Å². The van der Waals surface area contributed by atoms with Gasteiger partial charge in [-0.1, -0.05) is 15.9 Å². The highest BCUT2D eigenvalue weighted by Crippen LogP contribution is 2.42. The first-order valence-corrected chi connectivity index (χ1v) is 8.34. The lowest BCUT2D eigenvalue weighted by Gasteiger charge is -2.36. The number of nitrogens with zero attached hydrogens (tertiary/aromatic N) is 1. The van der Waals surface area contributed by atoms with Gasteiger partial charge < -0.3 is 14.8 Å². The van der Waals surface area contributed by atoms with Gasteiger partial charge in [0.05, 0.1) is 0 Å². The molecule has 1 N–H and O–H groups in total. The van der Waals surface area contributed by atoms with Gasteiger partial charge >= 0.3 is 6.18 Å². The molecule has 0 aliphatic carbocycles. The summed E-state index contributed by atoms with van der Waals surface area (Å²) in [5.41, 5.74) is 0.820. The number of hydrogen-bond donors (Lipinski definition) is 1. The van der Waals surface area contributed by atoms with Gasteiger partial charge in [-0.05, 0) is 24.1 Å². The fraction of sp³-hybridized carbons (Fsp3) is 0.600. The number of fused-ring (bicyclic) bond motifs is 1. The lowest BCUT2D eigenvalue weighted by Crippen LogP contribution is -2.45. The molecule has 0 spiro atoms. The zero-order chi connectivity index (χ0) is 16.4. The van der Waals surface area contributed by atoms with Gasteiger partial charge in [0.25, 0.3) is 0 Å². The number of alkyl halides is 3. The van der Waals surface area contributed by atoms with Crippen LogP contribution in [0.3, 0.4) is 0 Å². The highest BCUT2D eigenvalue weighted by atomic mass is 79.9. The summed E-state index contributed by atoms with van der Waals surface area (Å²) in [7, 11) is 0. The highest BCUT2D eigenvalue weighted by molar-refractivity contribution is 9.10. The largest absolute Gasteiger partial charge is 0.454 e. The maximum absolute atomic E-state index is 12.7. The van der Waals surface area contributed by atoms with Crippen molar-refractivity contribution in [3.05, 3.63) is 22.2 Å². The average molecular weight is 395 g/mol. The van der Waals surface area contributed by atoms with Crippen molar-refractivity contribution in [3.8, 4) is 11.5 Å². The Morgan fingerprint density at radius 2 is 1.83 bits per heavy atom. The van der Waals surface area contributed by atoms with Gasteiger partial charge in [-0.3, -0.25) is 4.90 Å². The summed E-state index contributed by atoms with van der Waals surface area (Å²) in [6, 6.07) is 3.28. The van der Waals surface area contributed by atoms with Crippen molar-refractivity contribution in [1.82, 2.24) is 10.2 Å². The Labute approximate surface area is 141 Å². The van der Waals surface area contributed by atoms with Crippen molar-refractivity contribution in [3.63, 3.8) is 0 Å². The molecule has 0 saturated carbocycles. The van der Waals surface area contributed by atoms with E-state index < -0.39 is 12.6 Å². The van der Waals surface area contributed by atoms with Crippen LogP contribution in [0, 0.1) is 0 Å².